The topological polar surface area (TPSA) is 55.4 Å². The summed E-state index contributed by atoms with van der Waals surface area (Å²) in [5.74, 6) is -0.164. The van der Waals surface area contributed by atoms with Crippen molar-refractivity contribution in [1.29, 1.82) is 0 Å². The van der Waals surface area contributed by atoms with E-state index in [9.17, 15) is 9.59 Å². The van der Waals surface area contributed by atoms with Crippen LogP contribution in [0.4, 0.5) is 0 Å². The number of halogens is 1. The number of rotatable bonds is 6. The molecule has 0 aliphatic rings. The maximum Gasteiger partial charge on any atom is 0.307 e. The van der Waals surface area contributed by atoms with Gasteiger partial charge in [0.15, 0.2) is 0 Å². The number of hydrogen-bond donors (Lipinski definition) is 1. The molecule has 1 amide bonds. The van der Waals surface area contributed by atoms with Gasteiger partial charge >= 0.3 is 5.97 Å². The van der Waals surface area contributed by atoms with Crippen LogP contribution in [0.3, 0.4) is 0 Å². The molecule has 18 heavy (non-hydrogen) atoms. The summed E-state index contributed by atoms with van der Waals surface area (Å²) in [4.78, 5) is 22.8. The van der Waals surface area contributed by atoms with Crippen molar-refractivity contribution >= 4 is 23.5 Å². The largest absolute Gasteiger partial charge is 0.466 e. The quantitative estimate of drug-likeness (QED) is 0.636. The Balaban J connectivity index is 2.42. The van der Waals surface area contributed by atoms with Crippen LogP contribution in [0.1, 0.15) is 29.3 Å². The van der Waals surface area contributed by atoms with Gasteiger partial charge in [0, 0.05) is 18.0 Å². The van der Waals surface area contributed by atoms with Crippen molar-refractivity contribution in [3.8, 4) is 0 Å². The van der Waals surface area contributed by atoms with Gasteiger partial charge in [0.25, 0.3) is 5.91 Å². The molecule has 0 aromatic heterocycles. The Labute approximate surface area is 111 Å². The van der Waals surface area contributed by atoms with Crippen LogP contribution in [0, 0.1) is 0 Å². The summed E-state index contributed by atoms with van der Waals surface area (Å²) in [6.07, 6.45) is 0.175. The highest BCUT2D eigenvalue weighted by molar-refractivity contribution is 6.17. The summed E-state index contributed by atoms with van der Waals surface area (Å²) in [6.45, 7) is 2.36. The van der Waals surface area contributed by atoms with E-state index in [0.717, 1.165) is 5.56 Å². The van der Waals surface area contributed by atoms with E-state index >= 15 is 0 Å². The molecule has 0 saturated carbocycles. The summed E-state index contributed by atoms with van der Waals surface area (Å²) >= 11 is 5.69. The van der Waals surface area contributed by atoms with Crippen LogP contribution >= 0.6 is 11.6 Å². The number of hydrogen-bond acceptors (Lipinski definition) is 3. The molecule has 0 aliphatic carbocycles. The Morgan fingerprint density at radius 1 is 1.39 bits per heavy atom. The first-order valence-corrected chi connectivity index (χ1v) is 6.29. The van der Waals surface area contributed by atoms with Gasteiger partial charge in [-0.1, -0.05) is 12.1 Å². The minimum Gasteiger partial charge on any atom is -0.466 e. The Morgan fingerprint density at radius 2 is 2.17 bits per heavy atom. The van der Waals surface area contributed by atoms with Crippen molar-refractivity contribution in [1.82, 2.24) is 5.32 Å². The monoisotopic (exact) mass is 269 g/mol. The molecule has 0 atom stereocenters. The first kappa shape index (κ1) is 14.5. The zero-order valence-corrected chi connectivity index (χ0v) is 11.0. The molecular weight excluding hydrogens is 254 g/mol. The molecule has 0 heterocycles. The van der Waals surface area contributed by atoms with Crippen LogP contribution in [0.15, 0.2) is 24.3 Å². The molecule has 0 unspecified atom stereocenters. The van der Waals surface area contributed by atoms with Gasteiger partial charge in [-0.25, -0.2) is 0 Å². The second-order valence-electron chi connectivity index (χ2n) is 3.64. The maximum absolute atomic E-state index is 11.7. The molecule has 1 aromatic carbocycles. The molecule has 0 spiro atoms. The summed E-state index contributed by atoms with van der Waals surface area (Å²) in [7, 11) is 0. The number of nitrogens with one attached hydrogen (secondary N) is 1. The molecule has 5 heteroatoms. The fraction of sp³-hybridized carbons (Fsp3) is 0.385. The van der Waals surface area contributed by atoms with Crippen LogP contribution in [-0.2, 0) is 15.4 Å². The van der Waals surface area contributed by atoms with Gasteiger partial charge in [-0.3, -0.25) is 9.59 Å². The van der Waals surface area contributed by atoms with Gasteiger partial charge in [0.2, 0.25) is 0 Å². The number of carbonyl (C=O) groups excluding carboxylic acids is 2. The predicted molar refractivity (Wildman–Crippen MR) is 69.6 cm³/mol. The zero-order chi connectivity index (χ0) is 13.4. The Hall–Kier alpha value is -1.55. The molecule has 0 saturated heterocycles. The fourth-order valence-corrected chi connectivity index (χ4v) is 1.58. The minimum absolute atomic E-state index is 0.175. The Bertz CT molecular complexity index is 420. The molecule has 1 rings (SSSR count). The van der Waals surface area contributed by atoms with E-state index in [0.29, 0.717) is 18.1 Å². The van der Waals surface area contributed by atoms with Crippen molar-refractivity contribution < 1.29 is 14.3 Å². The lowest BCUT2D eigenvalue weighted by Crippen LogP contribution is -2.26. The first-order valence-electron chi connectivity index (χ1n) is 5.76. The average molecular weight is 270 g/mol. The normalized spacial score (nSPS) is 9.89. The van der Waals surface area contributed by atoms with Gasteiger partial charge in [-0.05, 0) is 24.6 Å². The van der Waals surface area contributed by atoms with Gasteiger partial charge in [0.05, 0.1) is 13.0 Å². The smallest absolute Gasteiger partial charge is 0.307 e. The number of ether oxygens (including phenoxy) is 1. The van der Waals surface area contributed by atoms with E-state index < -0.39 is 0 Å². The van der Waals surface area contributed by atoms with Gasteiger partial charge in [-0.15, -0.1) is 11.6 Å². The van der Waals surface area contributed by atoms with Crippen LogP contribution in [0.2, 0.25) is 0 Å². The molecule has 1 aromatic rings. The van der Waals surface area contributed by atoms with E-state index in [2.05, 4.69) is 5.32 Å². The fourth-order valence-electron chi connectivity index (χ4n) is 1.41. The van der Waals surface area contributed by atoms with E-state index in [4.69, 9.17) is 16.3 Å². The highest BCUT2D eigenvalue weighted by Crippen LogP contribution is 2.07. The zero-order valence-electron chi connectivity index (χ0n) is 10.2. The Kier molecular flexibility index (Phi) is 6.22. The van der Waals surface area contributed by atoms with Crippen molar-refractivity contribution in [2.75, 3.05) is 13.2 Å². The van der Waals surface area contributed by atoms with Crippen molar-refractivity contribution in [3.05, 3.63) is 35.4 Å². The summed E-state index contributed by atoms with van der Waals surface area (Å²) in [5, 5.41) is 2.66. The van der Waals surface area contributed by atoms with Gasteiger partial charge in [0.1, 0.15) is 0 Å². The van der Waals surface area contributed by atoms with Crippen LogP contribution in [0.25, 0.3) is 0 Å². The van der Waals surface area contributed by atoms with Crippen molar-refractivity contribution in [2.24, 2.45) is 0 Å². The lowest BCUT2D eigenvalue weighted by atomic mass is 10.1. The SMILES string of the molecule is CCOC(=O)CCNC(=O)c1cccc(CCl)c1. The molecule has 4 nitrogen and oxygen atoms in total. The number of esters is 1. The van der Waals surface area contributed by atoms with Crippen LogP contribution < -0.4 is 5.32 Å². The molecule has 0 fully saturated rings. The van der Waals surface area contributed by atoms with Gasteiger partial charge < -0.3 is 10.1 Å². The second-order valence-corrected chi connectivity index (χ2v) is 3.91. The third kappa shape index (κ3) is 4.75. The average Bonchev–Trinajstić information content (AvgIpc) is 2.39. The second kappa shape index (κ2) is 7.71. The standard InChI is InChI=1S/C13H16ClNO3/c1-2-18-12(16)6-7-15-13(17)11-5-3-4-10(8-11)9-14/h3-5,8H,2,6-7,9H2,1H3,(H,15,17). The van der Waals surface area contributed by atoms with Crippen LogP contribution in [0.5, 0.6) is 0 Å². The van der Waals surface area contributed by atoms with Crippen molar-refractivity contribution in [3.63, 3.8) is 0 Å². The summed E-state index contributed by atoms with van der Waals surface area (Å²) in [6, 6.07) is 7.06. The molecule has 98 valence electrons. The number of carbonyl (C=O) groups is 2. The van der Waals surface area contributed by atoms with Crippen LogP contribution in [-0.4, -0.2) is 25.0 Å². The lowest BCUT2D eigenvalue weighted by molar-refractivity contribution is -0.142. The lowest BCUT2D eigenvalue weighted by Gasteiger charge is -2.06. The highest BCUT2D eigenvalue weighted by atomic mass is 35.5. The predicted octanol–water partition coefficient (Wildman–Crippen LogP) is 2.11. The van der Waals surface area contributed by atoms with E-state index in [1.54, 1.807) is 25.1 Å². The summed E-state index contributed by atoms with van der Waals surface area (Å²) in [5.41, 5.74) is 1.42. The highest BCUT2D eigenvalue weighted by Gasteiger charge is 2.07. The molecule has 0 radical (unpaired) electrons. The van der Waals surface area contributed by atoms with E-state index in [1.807, 2.05) is 6.07 Å². The first-order chi connectivity index (χ1) is 8.67. The molecular formula is C13H16ClNO3. The number of benzene rings is 1. The van der Waals surface area contributed by atoms with Gasteiger partial charge in [-0.2, -0.15) is 0 Å². The van der Waals surface area contributed by atoms with E-state index in [1.165, 1.54) is 0 Å². The number of alkyl halides is 1. The maximum atomic E-state index is 11.7. The molecule has 1 N–H and O–H groups in total. The minimum atomic E-state index is -0.313. The third-order valence-electron chi connectivity index (χ3n) is 2.26. The summed E-state index contributed by atoms with van der Waals surface area (Å²) < 4.78 is 4.76. The Morgan fingerprint density at radius 3 is 2.83 bits per heavy atom. The molecule has 0 bridgehead atoms. The number of amides is 1. The third-order valence-corrected chi connectivity index (χ3v) is 2.57. The van der Waals surface area contributed by atoms with Crippen molar-refractivity contribution in [2.45, 2.75) is 19.2 Å². The van der Waals surface area contributed by atoms with E-state index in [-0.39, 0.29) is 24.8 Å². The molecule has 0 aliphatic heterocycles.